The number of nitrogens with zero attached hydrogens (tertiary/aromatic N) is 4. The number of benzene rings is 2. The largest absolute Gasteiger partial charge is 0.340 e. The number of aromatic nitrogens is 2. The minimum Gasteiger partial charge on any atom is -0.340 e. The molecule has 0 unspecified atom stereocenters. The molecule has 0 saturated heterocycles. The number of carbonyl (C=O) groups is 1. The van der Waals surface area contributed by atoms with Crippen LogP contribution in [0.1, 0.15) is 21.5 Å². The lowest BCUT2D eigenvalue weighted by Gasteiger charge is -2.36. The molecule has 0 saturated carbocycles. The first-order valence-corrected chi connectivity index (χ1v) is 9.22. The second kappa shape index (κ2) is 7.37. The standard InChI is InChI=1S/C22H24N4O/c1-24-14-19-6-4-3-5-18(19)13-21(24)15-25(2)22(27)17-7-9-20(10-8-17)26-12-11-23-16-26/h3-12,16,21H,13-15H2,1-2H3/t21-/m1/s1. The van der Waals surface area contributed by atoms with E-state index in [1.54, 1.807) is 12.5 Å². The van der Waals surface area contributed by atoms with Gasteiger partial charge in [0.2, 0.25) is 0 Å². The summed E-state index contributed by atoms with van der Waals surface area (Å²) in [5, 5.41) is 0. The first kappa shape index (κ1) is 17.5. The number of fused-ring (bicyclic) bond motifs is 1. The maximum atomic E-state index is 12.9. The van der Waals surface area contributed by atoms with Gasteiger partial charge in [-0.2, -0.15) is 0 Å². The minimum atomic E-state index is 0.0550. The van der Waals surface area contributed by atoms with Gasteiger partial charge < -0.3 is 9.47 Å². The highest BCUT2D eigenvalue weighted by Gasteiger charge is 2.25. The molecule has 0 radical (unpaired) electrons. The third-order valence-electron chi connectivity index (χ3n) is 5.37. The van der Waals surface area contributed by atoms with Crippen LogP contribution in [0.25, 0.3) is 5.69 Å². The van der Waals surface area contributed by atoms with Gasteiger partial charge in [-0.05, 0) is 48.9 Å². The van der Waals surface area contributed by atoms with Crippen molar-refractivity contribution in [3.63, 3.8) is 0 Å². The fraction of sp³-hybridized carbons (Fsp3) is 0.273. The SMILES string of the molecule is CN(C[C@H]1Cc2ccccc2CN1C)C(=O)c1ccc(-n2ccnc2)cc1. The average molecular weight is 360 g/mol. The lowest BCUT2D eigenvalue weighted by atomic mass is 9.94. The van der Waals surface area contributed by atoms with E-state index in [9.17, 15) is 4.79 Å². The molecule has 1 aliphatic rings. The van der Waals surface area contributed by atoms with Crippen molar-refractivity contribution in [2.45, 2.75) is 19.0 Å². The van der Waals surface area contributed by atoms with Gasteiger partial charge in [0, 0.05) is 49.8 Å². The summed E-state index contributed by atoms with van der Waals surface area (Å²) in [5.74, 6) is 0.0550. The summed E-state index contributed by atoms with van der Waals surface area (Å²) in [7, 11) is 4.03. The van der Waals surface area contributed by atoms with Crippen LogP contribution in [0.15, 0.2) is 67.3 Å². The number of amides is 1. The molecule has 0 aliphatic carbocycles. The van der Waals surface area contributed by atoms with Crippen molar-refractivity contribution in [2.75, 3.05) is 20.6 Å². The van der Waals surface area contributed by atoms with Crippen molar-refractivity contribution in [1.29, 1.82) is 0 Å². The first-order valence-electron chi connectivity index (χ1n) is 9.22. The molecule has 1 atom stereocenters. The molecule has 2 heterocycles. The van der Waals surface area contributed by atoms with Crippen LogP contribution >= 0.6 is 0 Å². The van der Waals surface area contributed by atoms with Crippen molar-refractivity contribution in [3.8, 4) is 5.69 Å². The maximum Gasteiger partial charge on any atom is 0.253 e. The molecule has 3 aromatic rings. The minimum absolute atomic E-state index is 0.0550. The maximum absolute atomic E-state index is 12.9. The molecule has 0 fully saturated rings. The Kier molecular flexibility index (Phi) is 4.77. The third kappa shape index (κ3) is 3.64. The van der Waals surface area contributed by atoms with Gasteiger partial charge in [-0.1, -0.05) is 24.3 Å². The fourth-order valence-electron chi connectivity index (χ4n) is 3.73. The molecule has 0 N–H and O–H groups in total. The number of imidazole rings is 1. The Morgan fingerprint density at radius 1 is 1.15 bits per heavy atom. The van der Waals surface area contributed by atoms with E-state index in [1.807, 2.05) is 47.0 Å². The number of carbonyl (C=O) groups excluding carboxylic acids is 1. The van der Waals surface area contributed by atoms with Crippen molar-refractivity contribution >= 4 is 5.91 Å². The zero-order chi connectivity index (χ0) is 18.8. The van der Waals surface area contributed by atoms with E-state index >= 15 is 0 Å². The number of rotatable bonds is 4. The lowest BCUT2D eigenvalue weighted by Crippen LogP contribution is -2.46. The van der Waals surface area contributed by atoms with Gasteiger partial charge in [0.05, 0.1) is 6.33 Å². The van der Waals surface area contributed by atoms with Crippen molar-refractivity contribution < 1.29 is 4.79 Å². The summed E-state index contributed by atoms with van der Waals surface area (Å²) >= 11 is 0. The van der Waals surface area contributed by atoms with Gasteiger partial charge in [-0.15, -0.1) is 0 Å². The van der Waals surface area contributed by atoms with E-state index in [0.717, 1.165) is 18.7 Å². The number of hydrogen-bond donors (Lipinski definition) is 0. The highest BCUT2D eigenvalue weighted by Crippen LogP contribution is 2.22. The highest BCUT2D eigenvalue weighted by molar-refractivity contribution is 5.94. The van der Waals surface area contributed by atoms with Crippen LogP contribution in [-0.2, 0) is 13.0 Å². The van der Waals surface area contributed by atoms with Gasteiger partial charge in [0.1, 0.15) is 0 Å². The quantitative estimate of drug-likeness (QED) is 0.718. The van der Waals surface area contributed by atoms with E-state index in [-0.39, 0.29) is 5.91 Å². The van der Waals surface area contributed by atoms with Crippen molar-refractivity contribution in [3.05, 3.63) is 83.9 Å². The second-order valence-electron chi connectivity index (χ2n) is 7.24. The van der Waals surface area contributed by atoms with Gasteiger partial charge in [-0.3, -0.25) is 9.69 Å². The Balaban J connectivity index is 1.43. The van der Waals surface area contributed by atoms with E-state index in [0.29, 0.717) is 18.2 Å². The zero-order valence-corrected chi connectivity index (χ0v) is 15.7. The Morgan fingerprint density at radius 3 is 2.59 bits per heavy atom. The molecule has 0 bridgehead atoms. The van der Waals surface area contributed by atoms with Gasteiger partial charge >= 0.3 is 0 Å². The summed E-state index contributed by atoms with van der Waals surface area (Å²) in [6, 6.07) is 16.6. The first-order chi connectivity index (χ1) is 13.1. The fourth-order valence-corrected chi connectivity index (χ4v) is 3.73. The predicted octanol–water partition coefficient (Wildman–Crippen LogP) is 3.00. The second-order valence-corrected chi connectivity index (χ2v) is 7.24. The van der Waals surface area contributed by atoms with E-state index in [1.165, 1.54) is 11.1 Å². The Morgan fingerprint density at radius 2 is 1.89 bits per heavy atom. The molecule has 1 aliphatic heterocycles. The van der Waals surface area contributed by atoms with Crippen LogP contribution in [0.2, 0.25) is 0 Å². The molecular formula is C22H24N4O. The molecule has 1 amide bonds. The predicted molar refractivity (Wildman–Crippen MR) is 106 cm³/mol. The molecule has 27 heavy (non-hydrogen) atoms. The summed E-state index contributed by atoms with van der Waals surface area (Å²) in [6.45, 7) is 1.65. The number of likely N-dealkylation sites (N-methyl/N-ethyl adjacent to an activating group) is 2. The molecule has 138 valence electrons. The molecule has 0 spiro atoms. The zero-order valence-electron chi connectivity index (χ0n) is 15.7. The normalized spacial score (nSPS) is 16.7. The van der Waals surface area contributed by atoms with Gasteiger partial charge in [-0.25, -0.2) is 4.98 Å². The summed E-state index contributed by atoms with van der Waals surface area (Å²) in [4.78, 5) is 21.1. The Labute approximate surface area is 159 Å². The summed E-state index contributed by atoms with van der Waals surface area (Å²) < 4.78 is 1.92. The Hall–Kier alpha value is -2.92. The highest BCUT2D eigenvalue weighted by atomic mass is 16.2. The van der Waals surface area contributed by atoms with E-state index in [2.05, 4.69) is 41.2 Å². The van der Waals surface area contributed by atoms with Crippen LogP contribution in [-0.4, -0.2) is 51.9 Å². The van der Waals surface area contributed by atoms with E-state index in [4.69, 9.17) is 0 Å². The molecule has 2 aromatic carbocycles. The molecule has 5 nitrogen and oxygen atoms in total. The monoisotopic (exact) mass is 360 g/mol. The smallest absolute Gasteiger partial charge is 0.253 e. The summed E-state index contributed by atoms with van der Waals surface area (Å²) in [6.07, 6.45) is 6.36. The lowest BCUT2D eigenvalue weighted by molar-refractivity contribution is 0.0733. The van der Waals surface area contributed by atoms with Crippen molar-refractivity contribution in [1.82, 2.24) is 19.4 Å². The number of hydrogen-bond acceptors (Lipinski definition) is 3. The summed E-state index contributed by atoms with van der Waals surface area (Å²) in [5.41, 5.74) is 4.49. The van der Waals surface area contributed by atoms with Crippen LogP contribution in [0.3, 0.4) is 0 Å². The molecular weight excluding hydrogens is 336 g/mol. The molecule has 1 aromatic heterocycles. The van der Waals surface area contributed by atoms with Crippen LogP contribution in [0, 0.1) is 0 Å². The van der Waals surface area contributed by atoms with Gasteiger partial charge in [0.15, 0.2) is 0 Å². The van der Waals surface area contributed by atoms with E-state index < -0.39 is 0 Å². The van der Waals surface area contributed by atoms with Crippen molar-refractivity contribution in [2.24, 2.45) is 0 Å². The van der Waals surface area contributed by atoms with Crippen LogP contribution in [0.5, 0.6) is 0 Å². The van der Waals surface area contributed by atoms with Crippen LogP contribution in [0.4, 0.5) is 0 Å². The Bertz CT molecular complexity index is 918. The third-order valence-corrected chi connectivity index (χ3v) is 5.37. The molecule has 4 rings (SSSR count). The van der Waals surface area contributed by atoms with Gasteiger partial charge in [0.25, 0.3) is 5.91 Å². The average Bonchev–Trinajstić information content (AvgIpc) is 3.23. The molecule has 5 heteroatoms. The van der Waals surface area contributed by atoms with Crippen LogP contribution < -0.4 is 0 Å². The topological polar surface area (TPSA) is 41.4 Å².